The van der Waals surface area contributed by atoms with Crippen LogP contribution in [0.1, 0.15) is 49.0 Å². The first kappa shape index (κ1) is 19.2. The molecule has 0 aliphatic rings. The summed E-state index contributed by atoms with van der Waals surface area (Å²) < 4.78 is 0. The monoisotopic (exact) mass is 320 g/mol. The van der Waals surface area contributed by atoms with Crippen molar-refractivity contribution in [3.63, 3.8) is 0 Å². The zero-order valence-electron chi connectivity index (χ0n) is 14.3. The molecule has 0 aromatic heterocycles. The van der Waals surface area contributed by atoms with Gasteiger partial charge in [-0.05, 0) is 62.9 Å². The van der Waals surface area contributed by atoms with Crippen LogP contribution >= 0.6 is 0 Å². The van der Waals surface area contributed by atoms with E-state index in [1.807, 2.05) is 26.1 Å². The van der Waals surface area contributed by atoms with Gasteiger partial charge in [0.2, 0.25) is 0 Å². The molecule has 0 saturated heterocycles. The van der Waals surface area contributed by atoms with Crippen LogP contribution in [-0.2, 0) is 11.2 Å². The number of carbonyl (C=O) groups is 2. The lowest BCUT2D eigenvalue weighted by molar-refractivity contribution is -0.139. The second kappa shape index (κ2) is 10.0. The molecule has 128 valence electrons. The molecule has 5 heteroatoms. The Bertz CT molecular complexity index is 499. The van der Waals surface area contributed by atoms with Crippen molar-refractivity contribution in [1.82, 2.24) is 10.6 Å². The van der Waals surface area contributed by atoms with Gasteiger partial charge in [-0.3, -0.25) is 4.79 Å². The van der Waals surface area contributed by atoms with Gasteiger partial charge in [0.05, 0.1) is 0 Å². The molecule has 0 spiro atoms. The minimum Gasteiger partial charge on any atom is -0.480 e. The Balaban J connectivity index is 2.57. The molecular formula is C18H28N2O3. The molecule has 1 rings (SSSR count). The normalized spacial score (nSPS) is 13.3. The van der Waals surface area contributed by atoms with E-state index in [1.54, 1.807) is 12.1 Å². The van der Waals surface area contributed by atoms with Crippen LogP contribution in [0.2, 0.25) is 0 Å². The number of rotatable bonds is 10. The Morgan fingerprint density at radius 2 is 1.78 bits per heavy atom. The Labute approximate surface area is 138 Å². The third kappa shape index (κ3) is 6.82. The van der Waals surface area contributed by atoms with Crippen molar-refractivity contribution in [1.29, 1.82) is 0 Å². The summed E-state index contributed by atoms with van der Waals surface area (Å²) in [4.78, 5) is 23.6. The van der Waals surface area contributed by atoms with Crippen LogP contribution < -0.4 is 10.6 Å². The van der Waals surface area contributed by atoms with Gasteiger partial charge in [-0.1, -0.05) is 26.0 Å². The number of nitrogens with one attached hydrogen (secondary N) is 2. The molecule has 1 amide bonds. The second-order valence-electron chi connectivity index (χ2n) is 5.99. The zero-order valence-corrected chi connectivity index (χ0v) is 14.3. The Morgan fingerprint density at radius 1 is 1.13 bits per heavy atom. The Kier molecular flexibility index (Phi) is 8.33. The summed E-state index contributed by atoms with van der Waals surface area (Å²) in [6.07, 6.45) is 3.12. The van der Waals surface area contributed by atoms with Crippen molar-refractivity contribution >= 4 is 11.9 Å². The molecule has 3 N–H and O–H groups in total. The van der Waals surface area contributed by atoms with Crippen molar-refractivity contribution < 1.29 is 14.7 Å². The quantitative estimate of drug-likeness (QED) is 0.619. The van der Waals surface area contributed by atoms with Crippen LogP contribution in [0.4, 0.5) is 0 Å². The topological polar surface area (TPSA) is 78.4 Å². The molecular weight excluding hydrogens is 292 g/mol. The maximum Gasteiger partial charge on any atom is 0.326 e. The van der Waals surface area contributed by atoms with E-state index in [2.05, 4.69) is 17.6 Å². The molecule has 0 fully saturated rings. The molecule has 0 saturated carbocycles. The lowest BCUT2D eigenvalue weighted by Gasteiger charge is -2.17. The third-order valence-electron chi connectivity index (χ3n) is 4.06. The van der Waals surface area contributed by atoms with Gasteiger partial charge in [0, 0.05) is 5.56 Å². The van der Waals surface area contributed by atoms with Crippen LogP contribution in [0.25, 0.3) is 0 Å². The predicted octanol–water partition coefficient (Wildman–Crippen LogP) is 2.46. The number of amides is 1. The summed E-state index contributed by atoms with van der Waals surface area (Å²) in [5.41, 5.74) is 1.64. The van der Waals surface area contributed by atoms with Crippen LogP contribution in [0.3, 0.4) is 0 Å². The highest BCUT2D eigenvalue weighted by molar-refractivity contribution is 5.96. The van der Waals surface area contributed by atoms with E-state index in [9.17, 15) is 14.7 Å². The molecule has 0 aliphatic carbocycles. The first-order valence-corrected chi connectivity index (χ1v) is 8.25. The molecule has 0 bridgehead atoms. The van der Waals surface area contributed by atoms with Crippen molar-refractivity contribution in [3.05, 3.63) is 35.4 Å². The summed E-state index contributed by atoms with van der Waals surface area (Å²) in [6.45, 7) is 5.06. The van der Waals surface area contributed by atoms with E-state index in [1.165, 1.54) is 0 Å². The third-order valence-corrected chi connectivity index (χ3v) is 4.06. The van der Waals surface area contributed by atoms with E-state index >= 15 is 0 Å². The second-order valence-corrected chi connectivity index (χ2v) is 5.99. The number of aliphatic carboxylic acids is 1. The van der Waals surface area contributed by atoms with Gasteiger partial charge in [0.15, 0.2) is 0 Å². The van der Waals surface area contributed by atoms with Crippen molar-refractivity contribution in [2.75, 3.05) is 13.6 Å². The summed E-state index contributed by atoms with van der Waals surface area (Å²) in [6, 6.07) is 6.42. The molecule has 0 radical (unpaired) electrons. The van der Waals surface area contributed by atoms with Gasteiger partial charge >= 0.3 is 5.97 Å². The largest absolute Gasteiger partial charge is 0.480 e. The van der Waals surface area contributed by atoms with Gasteiger partial charge in [-0.25, -0.2) is 4.79 Å². The number of benzene rings is 1. The SMILES string of the molecule is CCc1ccc(C(=O)NC(CCC(C)CCNC)C(=O)O)cc1. The van der Waals surface area contributed by atoms with Gasteiger partial charge < -0.3 is 15.7 Å². The van der Waals surface area contributed by atoms with E-state index < -0.39 is 12.0 Å². The minimum absolute atomic E-state index is 0.331. The highest BCUT2D eigenvalue weighted by Crippen LogP contribution is 2.12. The predicted molar refractivity (Wildman–Crippen MR) is 91.7 cm³/mol. The Hall–Kier alpha value is -1.88. The number of carbonyl (C=O) groups excluding carboxylic acids is 1. The number of hydrogen-bond acceptors (Lipinski definition) is 3. The lowest BCUT2D eigenvalue weighted by Crippen LogP contribution is -2.41. The van der Waals surface area contributed by atoms with E-state index in [-0.39, 0.29) is 5.91 Å². The molecule has 1 aromatic rings. The molecule has 23 heavy (non-hydrogen) atoms. The molecule has 2 atom stereocenters. The van der Waals surface area contributed by atoms with Gasteiger partial charge in [0.25, 0.3) is 5.91 Å². The number of hydrogen-bond donors (Lipinski definition) is 3. The standard InChI is InChI=1S/C18H28N2O3/c1-4-14-6-8-15(9-7-14)17(21)20-16(18(22)23)10-5-13(2)11-12-19-3/h6-9,13,16,19H,4-5,10-12H2,1-3H3,(H,20,21)(H,22,23). The maximum atomic E-state index is 12.2. The van der Waals surface area contributed by atoms with E-state index in [0.29, 0.717) is 17.9 Å². The number of aryl methyl sites for hydroxylation is 1. The van der Waals surface area contributed by atoms with E-state index in [0.717, 1.165) is 31.4 Å². The number of carboxylic acids is 1. The summed E-state index contributed by atoms with van der Waals surface area (Å²) in [5, 5.41) is 15.0. The van der Waals surface area contributed by atoms with Gasteiger partial charge in [-0.15, -0.1) is 0 Å². The average molecular weight is 320 g/mol. The molecule has 0 aliphatic heterocycles. The van der Waals surface area contributed by atoms with Gasteiger partial charge in [0.1, 0.15) is 6.04 Å². The Morgan fingerprint density at radius 3 is 2.30 bits per heavy atom. The molecule has 2 unspecified atom stereocenters. The smallest absolute Gasteiger partial charge is 0.326 e. The molecule has 5 nitrogen and oxygen atoms in total. The first-order valence-electron chi connectivity index (χ1n) is 8.25. The summed E-state index contributed by atoms with van der Waals surface area (Å²) in [5.74, 6) is -0.891. The van der Waals surface area contributed by atoms with Crippen LogP contribution in [-0.4, -0.2) is 36.6 Å². The fourth-order valence-corrected chi connectivity index (χ4v) is 2.38. The van der Waals surface area contributed by atoms with Crippen LogP contribution in [0, 0.1) is 5.92 Å². The van der Waals surface area contributed by atoms with Gasteiger partial charge in [-0.2, -0.15) is 0 Å². The van der Waals surface area contributed by atoms with E-state index in [4.69, 9.17) is 0 Å². The first-order chi connectivity index (χ1) is 11.0. The molecule has 1 aromatic carbocycles. The van der Waals surface area contributed by atoms with Crippen molar-refractivity contribution in [2.24, 2.45) is 5.92 Å². The number of carboxylic acid groups (broad SMARTS) is 1. The fourth-order valence-electron chi connectivity index (χ4n) is 2.38. The summed E-state index contributed by atoms with van der Waals surface area (Å²) >= 11 is 0. The molecule has 0 heterocycles. The highest BCUT2D eigenvalue weighted by atomic mass is 16.4. The maximum absolute atomic E-state index is 12.2. The minimum atomic E-state index is -0.982. The average Bonchev–Trinajstić information content (AvgIpc) is 2.56. The fraction of sp³-hybridized carbons (Fsp3) is 0.556. The van der Waals surface area contributed by atoms with Crippen LogP contribution in [0.5, 0.6) is 0 Å². The van der Waals surface area contributed by atoms with Crippen LogP contribution in [0.15, 0.2) is 24.3 Å². The van der Waals surface area contributed by atoms with Crippen molar-refractivity contribution in [2.45, 2.75) is 45.6 Å². The lowest BCUT2D eigenvalue weighted by atomic mass is 9.98. The highest BCUT2D eigenvalue weighted by Gasteiger charge is 2.21. The summed E-state index contributed by atoms with van der Waals surface area (Å²) in [7, 11) is 1.90. The zero-order chi connectivity index (χ0) is 17.2. The van der Waals surface area contributed by atoms with Crippen molar-refractivity contribution in [3.8, 4) is 0 Å².